The number of nitrogens with zero attached hydrogens (tertiary/aromatic N) is 3. The molecule has 2 heterocycles. The van der Waals surface area contributed by atoms with Crippen LogP contribution in [-0.2, 0) is 6.73 Å². The Bertz CT molecular complexity index is 830. The Kier molecular flexibility index (Phi) is 4.50. The lowest BCUT2D eigenvalue weighted by Gasteiger charge is -2.06. The predicted molar refractivity (Wildman–Crippen MR) is 85.9 cm³/mol. The summed E-state index contributed by atoms with van der Waals surface area (Å²) >= 11 is 11.7. The number of amides is 1. The first-order valence-electron chi connectivity index (χ1n) is 6.53. The number of hydrogen-bond donors (Lipinski definition) is 2. The second-order valence-corrected chi connectivity index (χ2v) is 5.39. The minimum absolute atomic E-state index is 0.182. The summed E-state index contributed by atoms with van der Waals surface area (Å²) in [5.41, 5.74) is 0.699. The van der Waals surface area contributed by atoms with Gasteiger partial charge in [0.25, 0.3) is 5.91 Å². The van der Waals surface area contributed by atoms with Gasteiger partial charge in [0, 0.05) is 5.02 Å². The van der Waals surface area contributed by atoms with Crippen molar-refractivity contribution in [2.24, 2.45) is 0 Å². The van der Waals surface area contributed by atoms with Crippen LogP contribution >= 0.6 is 23.2 Å². The minimum atomic E-state index is -0.400. The van der Waals surface area contributed by atoms with Crippen LogP contribution in [0.4, 0.5) is 5.69 Å². The number of aromatic amines is 1. The van der Waals surface area contributed by atoms with Gasteiger partial charge in [0.2, 0.25) is 0 Å². The molecule has 0 unspecified atom stereocenters. The molecule has 3 aromatic rings. The zero-order chi connectivity index (χ0) is 16.2. The minimum Gasteiger partial charge on any atom is -0.471 e. The molecule has 0 saturated carbocycles. The molecule has 0 aliphatic heterocycles. The van der Waals surface area contributed by atoms with Crippen molar-refractivity contribution in [3.63, 3.8) is 0 Å². The molecule has 0 saturated heterocycles. The van der Waals surface area contributed by atoms with E-state index in [1.807, 2.05) is 0 Å². The number of H-pyrrole nitrogens is 1. The van der Waals surface area contributed by atoms with Crippen molar-refractivity contribution in [1.82, 2.24) is 20.0 Å². The summed E-state index contributed by atoms with van der Waals surface area (Å²) in [5.74, 6) is 0.227. The Morgan fingerprint density at radius 3 is 2.96 bits per heavy atom. The molecule has 1 amide bonds. The highest BCUT2D eigenvalue weighted by Crippen LogP contribution is 2.18. The molecule has 7 nitrogen and oxygen atoms in total. The van der Waals surface area contributed by atoms with Crippen molar-refractivity contribution in [2.75, 3.05) is 5.32 Å². The van der Waals surface area contributed by atoms with Gasteiger partial charge in [-0.1, -0.05) is 29.3 Å². The molecule has 2 aromatic heterocycles. The van der Waals surface area contributed by atoms with E-state index in [1.54, 1.807) is 30.5 Å². The van der Waals surface area contributed by atoms with Crippen molar-refractivity contribution in [3.05, 3.63) is 58.6 Å². The van der Waals surface area contributed by atoms with Crippen LogP contribution in [0.15, 0.2) is 42.9 Å². The fourth-order valence-corrected chi connectivity index (χ4v) is 2.18. The van der Waals surface area contributed by atoms with Crippen LogP contribution in [0.25, 0.3) is 0 Å². The highest BCUT2D eigenvalue weighted by molar-refractivity contribution is 6.34. The third kappa shape index (κ3) is 3.82. The molecule has 0 fully saturated rings. The predicted octanol–water partition coefficient (Wildman–Crippen LogP) is 3.20. The van der Waals surface area contributed by atoms with Gasteiger partial charge >= 0.3 is 0 Å². The lowest BCUT2D eigenvalue weighted by atomic mass is 10.3. The lowest BCUT2D eigenvalue weighted by molar-refractivity contribution is 0.102. The Morgan fingerprint density at radius 1 is 1.35 bits per heavy atom. The molecule has 1 aromatic carbocycles. The third-order valence-corrected chi connectivity index (χ3v) is 3.39. The SMILES string of the molecule is O=C(Nc1cnn(COc2cccc(Cl)c2)c1)c1[nH]ncc1Cl. The summed E-state index contributed by atoms with van der Waals surface area (Å²) in [4.78, 5) is 12.0. The zero-order valence-corrected chi connectivity index (χ0v) is 13.2. The van der Waals surface area contributed by atoms with Crippen molar-refractivity contribution in [2.45, 2.75) is 6.73 Å². The van der Waals surface area contributed by atoms with E-state index in [0.717, 1.165) is 0 Å². The van der Waals surface area contributed by atoms with Gasteiger partial charge in [0.05, 0.1) is 29.3 Å². The van der Waals surface area contributed by atoms with Gasteiger partial charge in [0.1, 0.15) is 11.4 Å². The molecule has 0 radical (unpaired) electrons. The number of anilines is 1. The van der Waals surface area contributed by atoms with Gasteiger partial charge < -0.3 is 10.1 Å². The van der Waals surface area contributed by atoms with Crippen LogP contribution in [0.3, 0.4) is 0 Å². The van der Waals surface area contributed by atoms with Crippen LogP contribution in [0.2, 0.25) is 10.0 Å². The maximum absolute atomic E-state index is 12.0. The molecule has 9 heteroatoms. The van der Waals surface area contributed by atoms with Gasteiger partial charge in [-0.2, -0.15) is 10.2 Å². The van der Waals surface area contributed by atoms with Crippen LogP contribution < -0.4 is 10.1 Å². The molecule has 0 spiro atoms. The standard InChI is InChI=1S/C14H11Cl2N5O2/c15-9-2-1-3-11(4-9)23-8-21-7-10(5-18-21)19-14(22)13-12(16)6-17-20-13/h1-7H,8H2,(H,17,20)(H,19,22). The second-order valence-electron chi connectivity index (χ2n) is 4.55. The number of nitrogens with one attached hydrogen (secondary N) is 2. The Hall–Kier alpha value is -2.51. The summed E-state index contributed by atoms with van der Waals surface area (Å²) in [6.45, 7) is 0.182. The highest BCUT2D eigenvalue weighted by atomic mass is 35.5. The molecule has 0 bridgehead atoms. The molecule has 3 rings (SSSR count). The number of benzene rings is 1. The maximum atomic E-state index is 12.0. The molecule has 23 heavy (non-hydrogen) atoms. The van der Waals surface area contributed by atoms with Gasteiger partial charge in [0.15, 0.2) is 6.73 Å². The second kappa shape index (κ2) is 6.72. The van der Waals surface area contributed by atoms with E-state index in [1.165, 1.54) is 17.1 Å². The van der Waals surface area contributed by atoms with E-state index < -0.39 is 5.91 Å². The van der Waals surface area contributed by atoms with E-state index in [4.69, 9.17) is 27.9 Å². The summed E-state index contributed by atoms with van der Waals surface area (Å²) in [5, 5.41) is 13.8. The molecule has 2 N–H and O–H groups in total. The third-order valence-electron chi connectivity index (χ3n) is 2.87. The van der Waals surface area contributed by atoms with Crippen LogP contribution in [-0.4, -0.2) is 25.9 Å². The van der Waals surface area contributed by atoms with Crippen LogP contribution in [0.1, 0.15) is 10.5 Å². The summed E-state index contributed by atoms with van der Waals surface area (Å²) in [7, 11) is 0. The van der Waals surface area contributed by atoms with Crippen LogP contribution in [0, 0.1) is 0 Å². The number of rotatable bonds is 5. The molecule has 118 valence electrons. The summed E-state index contributed by atoms with van der Waals surface area (Å²) in [6.07, 6.45) is 4.49. The Morgan fingerprint density at radius 2 is 2.22 bits per heavy atom. The average molecular weight is 352 g/mol. The first kappa shape index (κ1) is 15.4. The normalized spacial score (nSPS) is 10.5. The van der Waals surface area contributed by atoms with E-state index in [9.17, 15) is 4.79 Å². The van der Waals surface area contributed by atoms with Gasteiger partial charge in [-0.3, -0.25) is 9.89 Å². The molecule has 0 atom stereocenters. The summed E-state index contributed by atoms with van der Waals surface area (Å²) in [6, 6.07) is 7.05. The number of halogens is 2. The Labute approximate surface area is 141 Å². The molecular weight excluding hydrogens is 341 g/mol. The maximum Gasteiger partial charge on any atom is 0.275 e. The number of carbonyl (C=O) groups is 1. The quantitative estimate of drug-likeness (QED) is 0.739. The van der Waals surface area contributed by atoms with Crippen molar-refractivity contribution >= 4 is 34.8 Å². The first-order chi connectivity index (χ1) is 11.1. The lowest BCUT2D eigenvalue weighted by Crippen LogP contribution is -2.12. The highest BCUT2D eigenvalue weighted by Gasteiger charge is 2.13. The number of aromatic nitrogens is 4. The first-order valence-corrected chi connectivity index (χ1v) is 7.28. The van der Waals surface area contributed by atoms with Gasteiger partial charge in [-0.15, -0.1) is 0 Å². The van der Waals surface area contributed by atoms with E-state index in [2.05, 4.69) is 20.6 Å². The fourth-order valence-electron chi connectivity index (χ4n) is 1.82. The topological polar surface area (TPSA) is 84.8 Å². The molecular formula is C14H11Cl2N5O2. The van der Waals surface area contributed by atoms with E-state index in [0.29, 0.717) is 16.5 Å². The summed E-state index contributed by atoms with van der Waals surface area (Å²) < 4.78 is 7.08. The van der Waals surface area contributed by atoms with E-state index in [-0.39, 0.29) is 17.4 Å². The van der Waals surface area contributed by atoms with Gasteiger partial charge in [-0.05, 0) is 18.2 Å². The monoisotopic (exact) mass is 351 g/mol. The van der Waals surface area contributed by atoms with Crippen molar-refractivity contribution < 1.29 is 9.53 Å². The van der Waals surface area contributed by atoms with Crippen LogP contribution in [0.5, 0.6) is 5.75 Å². The van der Waals surface area contributed by atoms with Gasteiger partial charge in [-0.25, -0.2) is 4.68 Å². The number of carbonyl (C=O) groups excluding carboxylic acids is 1. The van der Waals surface area contributed by atoms with E-state index >= 15 is 0 Å². The number of ether oxygens (including phenoxy) is 1. The number of hydrogen-bond acceptors (Lipinski definition) is 4. The molecule has 0 aliphatic rings. The van der Waals surface area contributed by atoms with Crippen molar-refractivity contribution in [3.8, 4) is 5.75 Å². The molecule has 0 aliphatic carbocycles. The fraction of sp³-hybridized carbons (Fsp3) is 0.0714. The average Bonchev–Trinajstić information content (AvgIpc) is 3.14. The van der Waals surface area contributed by atoms with Crippen molar-refractivity contribution in [1.29, 1.82) is 0 Å². The zero-order valence-electron chi connectivity index (χ0n) is 11.7. The Balaban J connectivity index is 1.60. The smallest absolute Gasteiger partial charge is 0.275 e. The largest absolute Gasteiger partial charge is 0.471 e.